The summed E-state index contributed by atoms with van der Waals surface area (Å²) in [5.41, 5.74) is 0.938. The van der Waals surface area contributed by atoms with Crippen LogP contribution in [0, 0.1) is 11.3 Å². The summed E-state index contributed by atoms with van der Waals surface area (Å²) in [7, 11) is 0. The van der Waals surface area contributed by atoms with Gasteiger partial charge < -0.3 is 14.7 Å². The number of likely N-dealkylation sites (tertiary alicyclic amines) is 1. The molecule has 0 aliphatic carbocycles. The third-order valence-corrected chi connectivity index (χ3v) is 4.39. The SMILES string of the molecule is CC1(C(=O)N2CCC(Cc3ccc(O)cc3)C2)COC1. The van der Waals surface area contributed by atoms with Crippen LogP contribution >= 0.6 is 0 Å². The van der Waals surface area contributed by atoms with E-state index in [-0.39, 0.29) is 11.3 Å². The number of nitrogens with zero attached hydrogens (tertiary/aromatic N) is 1. The van der Waals surface area contributed by atoms with Gasteiger partial charge in [0, 0.05) is 13.1 Å². The molecular weight excluding hydrogens is 254 g/mol. The molecule has 4 heteroatoms. The Morgan fingerprint density at radius 2 is 2.10 bits per heavy atom. The molecule has 2 aliphatic heterocycles. The standard InChI is InChI=1S/C16H21NO3/c1-16(10-20-11-16)15(19)17-7-6-13(9-17)8-12-2-4-14(18)5-3-12/h2-5,13,18H,6-11H2,1H3. The lowest BCUT2D eigenvalue weighted by molar-refractivity contribution is -0.167. The molecule has 0 radical (unpaired) electrons. The maximum absolute atomic E-state index is 12.4. The van der Waals surface area contributed by atoms with Crippen molar-refractivity contribution in [3.8, 4) is 5.75 Å². The first-order valence-electron chi connectivity index (χ1n) is 7.22. The van der Waals surface area contributed by atoms with Crippen molar-refractivity contribution in [1.82, 2.24) is 4.90 Å². The molecule has 2 fully saturated rings. The van der Waals surface area contributed by atoms with Crippen LogP contribution in [0.5, 0.6) is 5.75 Å². The first-order valence-corrected chi connectivity index (χ1v) is 7.22. The summed E-state index contributed by atoms with van der Waals surface area (Å²) >= 11 is 0. The fourth-order valence-corrected chi connectivity index (χ4v) is 3.06. The number of hydrogen-bond acceptors (Lipinski definition) is 3. The van der Waals surface area contributed by atoms with Gasteiger partial charge in [-0.1, -0.05) is 12.1 Å². The highest BCUT2D eigenvalue weighted by atomic mass is 16.5. The summed E-state index contributed by atoms with van der Waals surface area (Å²) in [4.78, 5) is 14.4. The van der Waals surface area contributed by atoms with Gasteiger partial charge in [0.05, 0.1) is 18.6 Å². The minimum Gasteiger partial charge on any atom is -0.508 e. The average molecular weight is 275 g/mol. The van der Waals surface area contributed by atoms with E-state index in [1.54, 1.807) is 12.1 Å². The molecule has 4 nitrogen and oxygen atoms in total. The predicted molar refractivity (Wildman–Crippen MR) is 75.4 cm³/mol. The van der Waals surface area contributed by atoms with E-state index >= 15 is 0 Å². The number of ether oxygens (including phenoxy) is 1. The lowest BCUT2D eigenvalue weighted by Gasteiger charge is -2.39. The van der Waals surface area contributed by atoms with Crippen LogP contribution in [0.1, 0.15) is 18.9 Å². The third-order valence-electron chi connectivity index (χ3n) is 4.39. The molecule has 1 aromatic rings. The number of aromatic hydroxyl groups is 1. The first kappa shape index (κ1) is 13.4. The normalized spacial score (nSPS) is 24.4. The Labute approximate surface area is 119 Å². The summed E-state index contributed by atoms with van der Waals surface area (Å²) < 4.78 is 5.18. The lowest BCUT2D eigenvalue weighted by atomic mass is 9.87. The summed E-state index contributed by atoms with van der Waals surface area (Å²) in [5, 5.41) is 9.29. The Kier molecular flexibility index (Phi) is 3.42. The van der Waals surface area contributed by atoms with E-state index in [4.69, 9.17) is 4.74 Å². The molecule has 2 aliphatic rings. The first-order chi connectivity index (χ1) is 9.57. The maximum Gasteiger partial charge on any atom is 0.233 e. The molecule has 1 N–H and O–H groups in total. The number of amides is 1. The van der Waals surface area contributed by atoms with Gasteiger partial charge in [0.15, 0.2) is 0 Å². The van der Waals surface area contributed by atoms with E-state index in [0.717, 1.165) is 25.9 Å². The van der Waals surface area contributed by atoms with E-state index < -0.39 is 0 Å². The molecule has 0 spiro atoms. The van der Waals surface area contributed by atoms with E-state index in [2.05, 4.69) is 0 Å². The summed E-state index contributed by atoms with van der Waals surface area (Å²) in [6.07, 6.45) is 2.03. The molecule has 3 rings (SSSR count). The zero-order chi connectivity index (χ0) is 14.2. The minimum atomic E-state index is -0.284. The lowest BCUT2D eigenvalue weighted by Crippen LogP contribution is -2.52. The van der Waals surface area contributed by atoms with E-state index in [9.17, 15) is 9.90 Å². The maximum atomic E-state index is 12.4. The molecule has 2 saturated heterocycles. The number of benzene rings is 1. The number of phenolic OH excluding ortho intramolecular Hbond substituents is 1. The van der Waals surface area contributed by atoms with Crippen molar-refractivity contribution in [2.45, 2.75) is 19.8 Å². The van der Waals surface area contributed by atoms with Gasteiger partial charge in [0.1, 0.15) is 5.75 Å². The van der Waals surface area contributed by atoms with Crippen LogP contribution in [0.3, 0.4) is 0 Å². The number of phenols is 1. The monoisotopic (exact) mass is 275 g/mol. The van der Waals surface area contributed by atoms with Crippen LogP contribution in [-0.2, 0) is 16.0 Å². The van der Waals surface area contributed by atoms with Crippen LogP contribution in [0.4, 0.5) is 0 Å². The zero-order valence-electron chi connectivity index (χ0n) is 11.8. The summed E-state index contributed by atoms with van der Waals surface area (Å²) in [6.45, 7) is 4.81. The Balaban J connectivity index is 1.57. The van der Waals surface area contributed by atoms with Crippen LogP contribution in [0.15, 0.2) is 24.3 Å². The van der Waals surface area contributed by atoms with Crippen LogP contribution in [0.25, 0.3) is 0 Å². The topological polar surface area (TPSA) is 49.8 Å². The van der Waals surface area contributed by atoms with Gasteiger partial charge in [-0.25, -0.2) is 0 Å². The van der Waals surface area contributed by atoms with Crippen molar-refractivity contribution < 1.29 is 14.6 Å². The van der Waals surface area contributed by atoms with Crippen molar-refractivity contribution in [1.29, 1.82) is 0 Å². The molecule has 1 unspecified atom stereocenters. The summed E-state index contributed by atoms with van der Waals surface area (Å²) in [5.74, 6) is 1.07. The average Bonchev–Trinajstić information content (AvgIpc) is 2.86. The second-order valence-corrected chi connectivity index (χ2v) is 6.33. The molecule has 2 heterocycles. The highest BCUT2D eigenvalue weighted by Crippen LogP contribution is 2.32. The largest absolute Gasteiger partial charge is 0.508 e. The van der Waals surface area contributed by atoms with Gasteiger partial charge in [0.2, 0.25) is 5.91 Å². The van der Waals surface area contributed by atoms with Gasteiger partial charge in [-0.2, -0.15) is 0 Å². The molecule has 1 aromatic carbocycles. The van der Waals surface area contributed by atoms with E-state index in [1.807, 2.05) is 24.0 Å². The molecule has 1 atom stereocenters. The predicted octanol–water partition coefficient (Wildman–Crippen LogP) is 1.82. The Hall–Kier alpha value is -1.55. The van der Waals surface area contributed by atoms with Gasteiger partial charge in [0.25, 0.3) is 0 Å². The van der Waals surface area contributed by atoms with E-state index in [0.29, 0.717) is 24.9 Å². The summed E-state index contributed by atoms with van der Waals surface area (Å²) in [6, 6.07) is 7.36. The second kappa shape index (κ2) is 5.09. The highest BCUT2D eigenvalue weighted by Gasteiger charge is 2.44. The quantitative estimate of drug-likeness (QED) is 0.915. The number of hydrogen-bond donors (Lipinski definition) is 1. The number of rotatable bonds is 3. The fourth-order valence-electron chi connectivity index (χ4n) is 3.06. The van der Waals surface area contributed by atoms with Gasteiger partial charge in [-0.15, -0.1) is 0 Å². The smallest absolute Gasteiger partial charge is 0.233 e. The Bertz CT molecular complexity index is 493. The zero-order valence-corrected chi connectivity index (χ0v) is 11.8. The van der Waals surface area contributed by atoms with Crippen molar-refractivity contribution in [3.63, 3.8) is 0 Å². The van der Waals surface area contributed by atoms with Crippen molar-refractivity contribution in [2.75, 3.05) is 26.3 Å². The van der Waals surface area contributed by atoms with Gasteiger partial charge in [-0.05, 0) is 43.4 Å². The van der Waals surface area contributed by atoms with Crippen LogP contribution in [-0.4, -0.2) is 42.2 Å². The third kappa shape index (κ3) is 2.52. The molecule has 0 saturated carbocycles. The van der Waals surface area contributed by atoms with Crippen LogP contribution < -0.4 is 0 Å². The molecule has 0 aromatic heterocycles. The Morgan fingerprint density at radius 3 is 2.70 bits per heavy atom. The minimum absolute atomic E-state index is 0.247. The molecule has 20 heavy (non-hydrogen) atoms. The fraction of sp³-hybridized carbons (Fsp3) is 0.562. The van der Waals surface area contributed by atoms with Crippen molar-refractivity contribution >= 4 is 5.91 Å². The Morgan fingerprint density at radius 1 is 1.40 bits per heavy atom. The van der Waals surface area contributed by atoms with Gasteiger partial charge in [-0.3, -0.25) is 4.79 Å². The highest BCUT2D eigenvalue weighted by molar-refractivity contribution is 5.83. The van der Waals surface area contributed by atoms with E-state index in [1.165, 1.54) is 5.56 Å². The van der Waals surface area contributed by atoms with Crippen LogP contribution in [0.2, 0.25) is 0 Å². The second-order valence-electron chi connectivity index (χ2n) is 6.33. The molecule has 1 amide bonds. The van der Waals surface area contributed by atoms with Crippen molar-refractivity contribution in [3.05, 3.63) is 29.8 Å². The number of carbonyl (C=O) groups is 1. The molecular formula is C16H21NO3. The number of carbonyl (C=O) groups excluding carboxylic acids is 1. The molecule has 108 valence electrons. The van der Waals surface area contributed by atoms with Gasteiger partial charge >= 0.3 is 0 Å². The molecule has 0 bridgehead atoms. The van der Waals surface area contributed by atoms with Crippen molar-refractivity contribution in [2.24, 2.45) is 11.3 Å².